The molecule has 0 amide bonds. The Morgan fingerprint density at radius 2 is 2.33 bits per heavy atom. The van der Waals surface area contributed by atoms with Crippen LogP contribution in [0, 0.1) is 0 Å². The zero-order valence-corrected chi connectivity index (χ0v) is 5.53. The maximum Gasteiger partial charge on any atom is -0.0229 e. The normalized spacial score (nSPS) is 10.3. The Kier molecular flexibility index (Phi) is 5.41. The van der Waals surface area contributed by atoms with Crippen molar-refractivity contribution in [2.45, 2.75) is 19.8 Å². The van der Waals surface area contributed by atoms with Crippen molar-refractivity contribution in [2.75, 3.05) is 0 Å². The van der Waals surface area contributed by atoms with Gasteiger partial charge in [-0.25, -0.2) is 0 Å². The molecule has 36 valence electrons. The summed E-state index contributed by atoms with van der Waals surface area (Å²) < 4.78 is 0. The van der Waals surface area contributed by atoms with Crippen molar-refractivity contribution in [2.24, 2.45) is 0 Å². The van der Waals surface area contributed by atoms with E-state index in [1.165, 1.54) is 12.8 Å². The average Bonchev–Trinajstić information content (AvgIpc) is 1.61. The van der Waals surface area contributed by atoms with Gasteiger partial charge in [0.1, 0.15) is 0 Å². The van der Waals surface area contributed by atoms with E-state index in [0.717, 1.165) is 0 Å². The summed E-state index contributed by atoms with van der Waals surface area (Å²) >= 11 is 3.17. The van der Waals surface area contributed by atoms with Crippen molar-refractivity contribution in [3.8, 4) is 0 Å². The summed E-state index contributed by atoms with van der Waals surface area (Å²) in [5.74, 6) is 0. The lowest BCUT2D eigenvalue weighted by molar-refractivity contribution is 0.960. The molecule has 0 bridgehead atoms. The standard InChI is InChI=1S/C5H9Br/c1-2-3-4-5-6/h4-5H,2-3H2,1H3/b5-4-. The molecule has 0 saturated carbocycles. The fraction of sp³-hybridized carbons (Fsp3) is 0.600. The van der Waals surface area contributed by atoms with Gasteiger partial charge in [-0.3, -0.25) is 0 Å². The first kappa shape index (κ1) is 6.22. The second kappa shape index (κ2) is 5.22. The average molecular weight is 149 g/mol. The van der Waals surface area contributed by atoms with Crippen molar-refractivity contribution in [3.05, 3.63) is 11.1 Å². The predicted molar refractivity (Wildman–Crippen MR) is 33.0 cm³/mol. The summed E-state index contributed by atoms with van der Waals surface area (Å²) in [6, 6.07) is 0. The third-order valence-electron chi connectivity index (χ3n) is 0.544. The van der Waals surface area contributed by atoms with Gasteiger partial charge < -0.3 is 0 Å². The van der Waals surface area contributed by atoms with Crippen LogP contribution in [0.25, 0.3) is 0 Å². The van der Waals surface area contributed by atoms with Gasteiger partial charge in [-0.15, -0.1) is 0 Å². The van der Waals surface area contributed by atoms with Crippen LogP contribution in [-0.2, 0) is 0 Å². The van der Waals surface area contributed by atoms with Crippen LogP contribution in [-0.4, -0.2) is 0 Å². The third-order valence-corrected chi connectivity index (χ3v) is 0.918. The highest BCUT2D eigenvalue weighted by atomic mass is 79.9. The molecule has 1 heteroatoms. The molecule has 0 radical (unpaired) electrons. The molecular weight excluding hydrogens is 140 g/mol. The summed E-state index contributed by atoms with van der Waals surface area (Å²) in [6.07, 6.45) is 4.52. The van der Waals surface area contributed by atoms with Crippen LogP contribution in [0.4, 0.5) is 0 Å². The van der Waals surface area contributed by atoms with Crippen molar-refractivity contribution < 1.29 is 0 Å². The first-order valence-electron chi connectivity index (χ1n) is 2.17. The molecule has 0 aromatic heterocycles. The van der Waals surface area contributed by atoms with Gasteiger partial charge in [0, 0.05) is 0 Å². The van der Waals surface area contributed by atoms with E-state index in [0.29, 0.717) is 0 Å². The van der Waals surface area contributed by atoms with Crippen LogP contribution < -0.4 is 0 Å². The van der Waals surface area contributed by atoms with Crippen LogP contribution in [0.5, 0.6) is 0 Å². The Hall–Kier alpha value is 0.220. The molecule has 0 aliphatic rings. The topological polar surface area (TPSA) is 0 Å². The van der Waals surface area contributed by atoms with Crippen LogP contribution in [0.1, 0.15) is 19.8 Å². The van der Waals surface area contributed by atoms with Gasteiger partial charge >= 0.3 is 0 Å². The highest BCUT2D eigenvalue weighted by Gasteiger charge is 1.65. The second-order valence-electron chi connectivity index (χ2n) is 1.15. The lowest BCUT2D eigenvalue weighted by atomic mass is 10.3. The molecule has 0 spiro atoms. The molecule has 0 rings (SSSR count). The SMILES string of the molecule is CCC/C=C\Br. The molecule has 0 heterocycles. The lowest BCUT2D eigenvalue weighted by Gasteiger charge is -1.75. The van der Waals surface area contributed by atoms with E-state index in [4.69, 9.17) is 0 Å². The maximum absolute atomic E-state index is 3.17. The highest BCUT2D eigenvalue weighted by Crippen LogP contribution is 1.90. The minimum atomic E-state index is 1.19. The lowest BCUT2D eigenvalue weighted by Crippen LogP contribution is -1.54. The van der Waals surface area contributed by atoms with Crippen molar-refractivity contribution >= 4 is 15.9 Å². The van der Waals surface area contributed by atoms with E-state index in [9.17, 15) is 0 Å². The molecule has 0 fully saturated rings. The maximum atomic E-state index is 3.17. The summed E-state index contributed by atoms with van der Waals surface area (Å²) in [4.78, 5) is 1.90. The van der Waals surface area contributed by atoms with E-state index < -0.39 is 0 Å². The minimum absolute atomic E-state index is 1.19. The summed E-state index contributed by atoms with van der Waals surface area (Å²) in [6.45, 7) is 2.16. The Labute approximate surface area is 47.4 Å². The first-order chi connectivity index (χ1) is 2.91. The molecular formula is C5H9Br. The molecule has 0 saturated heterocycles. The molecule has 0 aromatic rings. The molecule has 0 atom stereocenters. The fourth-order valence-electron chi connectivity index (χ4n) is 0.230. The van der Waals surface area contributed by atoms with Gasteiger partial charge in [0.25, 0.3) is 0 Å². The predicted octanol–water partition coefficient (Wildman–Crippen LogP) is 2.70. The van der Waals surface area contributed by atoms with E-state index in [-0.39, 0.29) is 0 Å². The Morgan fingerprint density at radius 3 is 2.50 bits per heavy atom. The van der Waals surface area contributed by atoms with Crippen molar-refractivity contribution in [3.63, 3.8) is 0 Å². The molecule has 0 N–H and O–H groups in total. The molecule has 6 heavy (non-hydrogen) atoms. The molecule has 0 aliphatic heterocycles. The van der Waals surface area contributed by atoms with Crippen LogP contribution in [0.2, 0.25) is 0 Å². The molecule has 0 aliphatic carbocycles. The minimum Gasteiger partial charge on any atom is -0.0776 e. The van der Waals surface area contributed by atoms with Gasteiger partial charge in [0.05, 0.1) is 0 Å². The van der Waals surface area contributed by atoms with Gasteiger partial charge in [-0.05, 0) is 11.4 Å². The largest absolute Gasteiger partial charge is 0.0776 e. The Balaban J connectivity index is 2.66. The number of hydrogen-bond acceptors (Lipinski definition) is 0. The Bertz CT molecular complexity index is 39.2. The van der Waals surface area contributed by atoms with E-state index in [2.05, 4.69) is 28.9 Å². The number of rotatable bonds is 2. The molecule has 0 unspecified atom stereocenters. The number of hydrogen-bond donors (Lipinski definition) is 0. The summed E-state index contributed by atoms with van der Waals surface area (Å²) in [7, 11) is 0. The highest BCUT2D eigenvalue weighted by molar-refractivity contribution is 9.11. The number of unbranched alkanes of at least 4 members (excludes halogenated alkanes) is 1. The smallest absolute Gasteiger partial charge is 0.0229 e. The van der Waals surface area contributed by atoms with E-state index in [1.807, 2.05) is 4.99 Å². The molecule has 0 aromatic carbocycles. The zero-order chi connectivity index (χ0) is 4.83. The quantitative estimate of drug-likeness (QED) is 0.566. The zero-order valence-electron chi connectivity index (χ0n) is 3.95. The van der Waals surface area contributed by atoms with Crippen LogP contribution >= 0.6 is 15.9 Å². The molecule has 0 nitrogen and oxygen atoms in total. The fourth-order valence-corrected chi connectivity index (χ4v) is 0.494. The van der Waals surface area contributed by atoms with E-state index in [1.54, 1.807) is 0 Å². The van der Waals surface area contributed by atoms with Crippen molar-refractivity contribution in [1.82, 2.24) is 0 Å². The van der Waals surface area contributed by atoms with Gasteiger partial charge in [-0.1, -0.05) is 35.4 Å². The summed E-state index contributed by atoms with van der Waals surface area (Å²) in [5.41, 5.74) is 0. The van der Waals surface area contributed by atoms with E-state index >= 15 is 0 Å². The van der Waals surface area contributed by atoms with Gasteiger partial charge in [-0.2, -0.15) is 0 Å². The number of allylic oxidation sites excluding steroid dienone is 1. The van der Waals surface area contributed by atoms with Crippen LogP contribution in [0.3, 0.4) is 0 Å². The van der Waals surface area contributed by atoms with Crippen LogP contribution in [0.15, 0.2) is 11.1 Å². The first-order valence-corrected chi connectivity index (χ1v) is 3.08. The summed E-state index contributed by atoms with van der Waals surface area (Å²) in [5, 5.41) is 0. The van der Waals surface area contributed by atoms with Gasteiger partial charge in [0.2, 0.25) is 0 Å². The monoisotopic (exact) mass is 148 g/mol. The van der Waals surface area contributed by atoms with Gasteiger partial charge in [0.15, 0.2) is 0 Å². The van der Waals surface area contributed by atoms with Crippen molar-refractivity contribution in [1.29, 1.82) is 0 Å². The Morgan fingerprint density at radius 1 is 1.67 bits per heavy atom. The third kappa shape index (κ3) is 4.22. The second-order valence-corrected chi connectivity index (χ2v) is 1.68. The number of halogens is 1.